The summed E-state index contributed by atoms with van der Waals surface area (Å²) in [6, 6.07) is 8.01. The van der Waals surface area contributed by atoms with Gasteiger partial charge in [0.1, 0.15) is 25.9 Å². The maximum atomic E-state index is 12.8. The lowest BCUT2D eigenvalue weighted by Gasteiger charge is -2.13. The van der Waals surface area contributed by atoms with Gasteiger partial charge < -0.3 is 28.9 Å². The number of anilines is 1. The van der Waals surface area contributed by atoms with Crippen molar-refractivity contribution in [2.45, 2.75) is 9.79 Å². The third-order valence-electron chi connectivity index (χ3n) is 5.70. The van der Waals surface area contributed by atoms with Crippen LogP contribution < -0.4 is 20.8 Å². The minimum Gasteiger partial charge on any atom is -0.744 e. The van der Waals surface area contributed by atoms with Gasteiger partial charge in [0.05, 0.1) is 49.9 Å². The van der Waals surface area contributed by atoms with Crippen LogP contribution in [0.25, 0.3) is 11.8 Å². The molecule has 1 aliphatic rings. The fraction of sp³-hybridized carbons (Fsp3) is 0. The summed E-state index contributed by atoms with van der Waals surface area (Å²) in [5.74, 6) is -4.50. The molecule has 1 amide bonds. The van der Waals surface area contributed by atoms with E-state index >= 15 is 0 Å². The summed E-state index contributed by atoms with van der Waals surface area (Å²) >= 11 is 0. The molecule has 0 radical (unpaired) electrons. The van der Waals surface area contributed by atoms with E-state index in [1.807, 2.05) is 0 Å². The number of H-pyrrole nitrogens is 1. The Hall–Kier alpha value is -5.43. The third-order valence-corrected chi connectivity index (χ3v) is 7.40. The number of carboxylic acid groups (broad SMARTS) is 2. The van der Waals surface area contributed by atoms with E-state index in [2.05, 4.69) is 10.2 Å². The second-order valence-corrected chi connectivity index (χ2v) is 11.2. The van der Waals surface area contributed by atoms with Crippen LogP contribution in [0.4, 0.5) is 5.69 Å². The summed E-state index contributed by atoms with van der Waals surface area (Å²) in [6.45, 7) is 0. The van der Waals surface area contributed by atoms with Crippen molar-refractivity contribution >= 4 is 55.6 Å². The zero-order valence-corrected chi connectivity index (χ0v) is 22.7. The number of aromatic carboxylic acids is 1. The lowest BCUT2D eigenvalue weighted by Crippen LogP contribution is -2.32. The van der Waals surface area contributed by atoms with Crippen LogP contribution in [-0.4, -0.2) is 59.3 Å². The van der Waals surface area contributed by atoms with Crippen LogP contribution in [-0.2, 0) is 29.8 Å². The Labute approximate surface area is 241 Å². The molecule has 0 saturated heterocycles. The summed E-state index contributed by atoms with van der Waals surface area (Å²) in [4.78, 5) is 47.6. The standard InChI is InChI=1S/C25H18N4O12S2/c30-22-18(20(24(32)33)26-28(22)14-6-10-16(11-7-14)42(36,37)38)4-2-1-3-5-19-21(25(34)35)27-29(23(19)31)15-8-12-17(13-9-15)43(39,40)41/h1-13,26H,(H,32,33)(H,34,35)(H,36,37,38)(H,39,40,41)/p-4/b3-1+,4-2+,19-5-. The van der Waals surface area contributed by atoms with Crippen molar-refractivity contribution in [1.82, 2.24) is 9.78 Å². The number of carboxylic acids is 2. The zero-order valence-electron chi connectivity index (χ0n) is 21.1. The molecule has 2 heterocycles. The molecule has 222 valence electrons. The predicted molar refractivity (Wildman–Crippen MR) is 139 cm³/mol. The van der Waals surface area contributed by atoms with Gasteiger partial charge >= 0.3 is 0 Å². The van der Waals surface area contributed by atoms with Gasteiger partial charge in [-0.05, 0) is 60.7 Å². The van der Waals surface area contributed by atoms with Crippen LogP contribution in [0.1, 0.15) is 16.1 Å². The SMILES string of the molecule is O=C([O-])C1=NN(c2ccc(S(=O)(=O)[O-])cc2)C(=O)\C1=C/C=C/C=C/c1c(C(=O)[O-])[nH]n(-c2ccc(S(=O)(=O)[O-])cc2)c1=O. The molecule has 1 aromatic heterocycles. The molecule has 43 heavy (non-hydrogen) atoms. The van der Waals surface area contributed by atoms with E-state index in [0.717, 1.165) is 65.4 Å². The molecule has 3 aromatic rings. The van der Waals surface area contributed by atoms with Gasteiger partial charge in [0.25, 0.3) is 11.5 Å². The monoisotopic (exact) mass is 626 g/mol. The first kappa shape index (κ1) is 30.5. The highest BCUT2D eigenvalue weighted by atomic mass is 32.2. The molecular weight excluding hydrogens is 612 g/mol. The van der Waals surface area contributed by atoms with Crippen LogP contribution in [0.3, 0.4) is 0 Å². The normalized spacial score (nSPS) is 15.1. The molecule has 18 heteroatoms. The lowest BCUT2D eigenvalue weighted by molar-refractivity contribution is -0.294. The van der Waals surface area contributed by atoms with Crippen molar-refractivity contribution in [1.29, 1.82) is 0 Å². The number of nitrogens with zero attached hydrogens (tertiary/aromatic N) is 3. The number of carbonyl (C=O) groups is 3. The predicted octanol–water partition coefficient (Wildman–Crippen LogP) is -2.01. The van der Waals surface area contributed by atoms with E-state index in [9.17, 15) is 55.3 Å². The highest BCUT2D eigenvalue weighted by molar-refractivity contribution is 7.86. The highest BCUT2D eigenvalue weighted by Crippen LogP contribution is 2.25. The molecule has 4 rings (SSSR count). The maximum Gasteiger partial charge on any atom is 0.281 e. The number of amides is 1. The number of hydrogen-bond acceptors (Lipinski definition) is 13. The molecule has 0 bridgehead atoms. The average molecular weight is 627 g/mol. The summed E-state index contributed by atoms with van der Waals surface area (Å²) in [5.41, 5.74) is -3.16. The summed E-state index contributed by atoms with van der Waals surface area (Å²) in [5, 5.41) is 29.8. The second kappa shape index (κ2) is 11.4. The molecule has 0 spiro atoms. The van der Waals surface area contributed by atoms with Crippen molar-refractivity contribution in [3.8, 4) is 5.69 Å². The Bertz CT molecular complexity index is 2050. The van der Waals surface area contributed by atoms with E-state index in [-0.39, 0.29) is 16.9 Å². The first-order chi connectivity index (χ1) is 20.1. The average Bonchev–Trinajstić information content (AvgIpc) is 3.44. The maximum absolute atomic E-state index is 12.8. The quantitative estimate of drug-likeness (QED) is 0.153. The lowest BCUT2D eigenvalue weighted by atomic mass is 10.1. The number of aliphatic carboxylic acids is 1. The number of aromatic nitrogens is 2. The molecule has 0 aliphatic carbocycles. The highest BCUT2D eigenvalue weighted by Gasteiger charge is 2.31. The van der Waals surface area contributed by atoms with E-state index in [4.69, 9.17) is 0 Å². The molecular formula is C25H14N4O12S2-4. The number of benzene rings is 2. The number of aromatic amines is 1. The van der Waals surface area contributed by atoms with Crippen LogP contribution in [0, 0.1) is 0 Å². The Morgan fingerprint density at radius 2 is 1.30 bits per heavy atom. The Morgan fingerprint density at radius 1 is 0.767 bits per heavy atom. The van der Waals surface area contributed by atoms with Gasteiger partial charge in [-0.1, -0.05) is 18.2 Å². The second-order valence-electron chi connectivity index (χ2n) is 8.40. The van der Waals surface area contributed by atoms with Gasteiger partial charge in [0, 0.05) is 0 Å². The zero-order chi connectivity index (χ0) is 31.7. The van der Waals surface area contributed by atoms with Crippen molar-refractivity contribution in [2.75, 3.05) is 5.01 Å². The molecule has 0 saturated carbocycles. The smallest absolute Gasteiger partial charge is 0.281 e. The van der Waals surface area contributed by atoms with E-state index < -0.39 is 70.4 Å². The van der Waals surface area contributed by atoms with Crippen molar-refractivity contribution in [3.63, 3.8) is 0 Å². The van der Waals surface area contributed by atoms with Crippen LogP contribution in [0.5, 0.6) is 0 Å². The Morgan fingerprint density at radius 3 is 1.79 bits per heavy atom. The Balaban J connectivity index is 1.59. The number of nitrogens with one attached hydrogen (secondary N) is 1. The van der Waals surface area contributed by atoms with Crippen LogP contribution in [0.15, 0.2) is 98.1 Å². The number of hydrazone groups is 1. The number of hydrogen-bond donors (Lipinski definition) is 1. The van der Waals surface area contributed by atoms with Gasteiger partial charge in [-0.25, -0.2) is 21.5 Å². The van der Waals surface area contributed by atoms with Crippen molar-refractivity contribution < 1.29 is 50.5 Å². The van der Waals surface area contributed by atoms with Gasteiger partial charge in [0.15, 0.2) is 0 Å². The Kier molecular flexibility index (Phi) is 8.13. The topological polar surface area (TPSA) is 265 Å². The summed E-state index contributed by atoms with van der Waals surface area (Å²) in [6.07, 6.45) is 5.67. The fourth-order valence-electron chi connectivity index (χ4n) is 3.72. The first-order valence-electron chi connectivity index (χ1n) is 11.5. The number of carbonyl (C=O) groups excluding carboxylic acids is 3. The molecule has 0 fully saturated rings. The van der Waals surface area contributed by atoms with E-state index in [1.165, 1.54) is 18.2 Å². The first-order valence-corrected chi connectivity index (χ1v) is 14.3. The minimum atomic E-state index is -4.77. The fourth-order valence-corrected chi connectivity index (χ4v) is 4.66. The molecule has 0 atom stereocenters. The van der Waals surface area contributed by atoms with Crippen LogP contribution in [0.2, 0.25) is 0 Å². The number of allylic oxidation sites excluding steroid dienone is 4. The van der Waals surface area contributed by atoms with Crippen LogP contribution >= 0.6 is 0 Å². The van der Waals surface area contributed by atoms with Gasteiger partial charge in [0.2, 0.25) is 0 Å². The largest absolute Gasteiger partial charge is 0.744 e. The van der Waals surface area contributed by atoms with Gasteiger partial charge in [-0.15, -0.1) is 0 Å². The van der Waals surface area contributed by atoms with Gasteiger partial charge in [-0.2, -0.15) is 10.1 Å². The third kappa shape index (κ3) is 6.41. The molecule has 2 aromatic carbocycles. The van der Waals surface area contributed by atoms with Crippen molar-refractivity contribution in [2.24, 2.45) is 5.10 Å². The van der Waals surface area contributed by atoms with Crippen molar-refractivity contribution in [3.05, 3.63) is 100 Å². The van der Waals surface area contributed by atoms with E-state index in [0.29, 0.717) is 5.01 Å². The molecule has 1 N–H and O–H groups in total. The molecule has 1 aliphatic heterocycles. The summed E-state index contributed by atoms with van der Waals surface area (Å²) < 4.78 is 67.5. The van der Waals surface area contributed by atoms with E-state index in [1.54, 1.807) is 0 Å². The molecule has 16 nitrogen and oxygen atoms in total. The number of rotatable bonds is 9. The minimum absolute atomic E-state index is 0.00233. The summed E-state index contributed by atoms with van der Waals surface area (Å²) in [7, 11) is -9.53. The van der Waals surface area contributed by atoms with Gasteiger partial charge in [-0.3, -0.25) is 14.7 Å². The molecule has 0 unspecified atom stereocenters.